The van der Waals surface area contributed by atoms with E-state index in [4.69, 9.17) is 0 Å². The maximum atomic E-state index is 12.2. The zero-order valence-electron chi connectivity index (χ0n) is 13.1. The Labute approximate surface area is 152 Å². The zero-order chi connectivity index (χ0) is 15.5. The van der Waals surface area contributed by atoms with Crippen LogP contribution in [0.2, 0.25) is 0 Å². The molecule has 0 aliphatic carbocycles. The van der Waals surface area contributed by atoms with E-state index in [9.17, 15) is 4.79 Å². The Kier molecular flexibility index (Phi) is 5.65. The Bertz CT molecular complexity index is 849. The van der Waals surface area contributed by atoms with Crippen LogP contribution in [0, 0.1) is 13.8 Å². The van der Waals surface area contributed by atoms with Crippen molar-refractivity contribution in [3.8, 4) is 0 Å². The second-order valence-electron chi connectivity index (χ2n) is 5.47. The number of fused-ring (bicyclic) bond motifs is 1. The van der Waals surface area contributed by atoms with Crippen molar-refractivity contribution < 1.29 is 9.48 Å². The molecule has 0 aliphatic rings. The molecule has 5 heteroatoms. The lowest BCUT2D eigenvalue weighted by Crippen LogP contribution is -2.43. The second-order valence-corrected chi connectivity index (χ2v) is 5.47. The molecule has 0 aliphatic heterocycles. The van der Waals surface area contributed by atoms with Crippen LogP contribution in [0.3, 0.4) is 0 Å². The molecule has 0 atom stereocenters. The van der Waals surface area contributed by atoms with Crippen molar-refractivity contribution in [1.29, 1.82) is 0 Å². The van der Waals surface area contributed by atoms with E-state index in [1.165, 1.54) is 5.56 Å². The van der Waals surface area contributed by atoms with E-state index >= 15 is 0 Å². The minimum atomic E-state index is -0.0836. The number of hydrogen-bond donors (Lipinski definition) is 1. The van der Waals surface area contributed by atoms with Gasteiger partial charge in [0.1, 0.15) is 6.20 Å². The van der Waals surface area contributed by atoms with Gasteiger partial charge in [0.25, 0.3) is 12.5 Å². The molecular formula is C18H19IN3O+. The van der Waals surface area contributed by atoms with E-state index in [1.807, 2.05) is 56.4 Å². The van der Waals surface area contributed by atoms with Crippen LogP contribution >= 0.6 is 24.0 Å². The first kappa shape index (κ1) is 17.3. The number of carbonyl (C=O) groups is 1. The lowest BCUT2D eigenvalue weighted by Gasteiger charge is -2.07. The van der Waals surface area contributed by atoms with E-state index in [-0.39, 0.29) is 36.4 Å². The number of nitrogens with zero attached hydrogens (tertiary/aromatic N) is 2. The van der Waals surface area contributed by atoms with Crippen molar-refractivity contribution in [2.24, 2.45) is 0 Å². The van der Waals surface area contributed by atoms with E-state index in [1.54, 1.807) is 10.9 Å². The first-order valence-electron chi connectivity index (χ1n) is 7.23. The van der Waals surface area contributed by atoms with Crippen LogP contribution in [0.25, 0.3) is 10.8 Å². The molecule has 23 heavy (non-hydrogen) atoms. The summed E-state index contributed by atoms with van der Waals surface area (Å²) in [6, 6.07) is 13.9. The third-order valence-electron chi connectivity index (χ3n) is 3.59. The van der Waals surface area contributed by atoms with Crippen molar-refractivity contribution in [3.63, 3.8) is 0 Å². The summed E-state index contributed by atoms with van der Waals surface area (Å²) in [5, 5.41) is 9.35. The molecule has 3 aromatic rings. The Hall–Kier alpha value is -2.02. The van der Waals surface area contributed by atoms with Crippen LogP contribution in [0.5, 0.6) is 0 Å². The molecule has 0 saturated heterocycles. The number of nitrogens with one attached hydrogen (secondary N) is 1. The Morgan fingerprint density at radius 1 is 1.13 bits per heavy atom. The summed E-state index contributed by atoms with van der Waals surface area (Å²) in [7, 11) is 0. The normalized spacial score (nSPS) is 10.2. The SMILES string of the molecule is Cc1ccc(NC(=O)C[n+]2cc3ccccc3cn2)c(C)c1.I. The Balaban J connectivity index is 0.00000192. The highest BCUT2D eigenvalue weighted by atomic mass is 127. The van der Waals surface area contributed by atoms with Crippen LogP contribution in [0.15, 0.2) is 54.9 Å². The first-order valence-corrected chi connectivity index (χ1v) is 7.23. The fourth-order valence-corrected chi connectivity index (χ4v) is 2.45. The number of aromatic nitrogens is 2. The van der Waals surface area contributed by atoms with Crippen LogP contribution in [-0.2, 0) is 11.3 Å². The van der Waals surface area contributed by atoms with E-state index in [0.717, 1.165) is 22.0 Å². The van der Waals surface area contributed by atoms with Gasteiger partial charge < -0.3 is 5.32 Å². The van der Waals surface area contributed by atoms with Gasteiger partial charge in [-0.05, 0) is 36.6 Å². The first-order chi connectivity index (χ1) is 10.6. The Morgan fingerprint density at radius 2 is 1.87 bits per heavy atom. The molecule has 2 aromatic carbocycles. The number of anilines is 1. The fraction of sp³-hybridized carbons (Fsp3) is 0.167. The lowest BCUT2D eigenvalue weighted by atomic mass is 10.1. The van der Waals surface area contributed by atoms with Gasteiger partial charge in [0.15, 0.2) is 0 Å². The number of halogens is 1. The topological polar surface area (TPSA) is 45.9 Å². The molecule has 1 N–H and O–H groups in total. The monoisotopic (exact) mass is 420 g/mol. The fourth-order valence-electron chi connectivity index (χ4n) is 2.45. The molecule has 0 bridgehead atoms. The number of amides is 1. The molecule has 0 radical (unpaired) electrons. The molecule has 4 nitrogen and oxygen atoms in total. The second kappa shape index (κ2) is 7.50. The van der Waals surface area contributed by atoms with Crippen molar-refractivity contribution in [3.05, 3.63) is 66.0 Å². The molecular weight excluding hydrogens is 401 g/mol. The summed E-state index contributed by atoms with van der Waals surface area (Å²) in [5.74, 6) is -0.0836. The van der Waals surface area contributed by atoms with Gasteiger partial charge in [-0.15, -0.1) is 24.0 Å². The number of benzene rings is 2. The molecule has 1 heterocycles. The summed E-state index contributed by atoms with van der Waals surface area (Å²) in [4.78, 5) is 12.2. The van der Waals surface area contributed by atoms with Gasteiger partial charge in [0.05, 0.1) is 0 Å². The van der Waals surface area contributed by atoms with Gasteiger partial charge in [0, 0.05) is 16.5 Å². The quantitative estimate of drug-likeness (QED) is 0.522. The predicted molar refractivity (Wildman–Crippen MR) is 102 cm³/mol. The van der Waals surface area contributed by atoms with E-state index in [2.05, 4.69) is 16.5 Å². The summed E-state index contributed by atoms with van der Waals surface area (Å²) in [6.07, 6.45) is 3.66. The van der Waals surface area contributed by atoms with Crippen molar-refractivity contribution in [1.82, 2.24) is 5.10 Å². The van der Waals surface area contributed by atoms with Crippen LogP contribution in [0.4, 0.5) is 5.69 Å². The molecule has 0 fully saturated rings. The van der Waals surface area contributed by atoms with Crippen molar-refractivity contribution in [2.45, 2.75) is 20.4 Å². The van der Waals surface area contributed by atoms with E-state index in [0.29, 0.717) is 0 Å². The summed E-state index contributed by atoms with van der Waals surface area (Å²) in [6.45, 7) is 4.22. The summed E-state index contributed by atoms with van der Waals surface area (Å²) < 4.78 is 1.65. The van der Waals surface area contributed by atoms with Gasteiger partial charge in [-0.25, -0.2) is 0 Å². The Morgan fingerprint density at radius 3 is 2.61 bits per heavy atom. The highest BCUT2D eigenvalue weighted by Crippen LogP contribution is 2.15. The van der Waals surface area contributed by atoms with Crippen LogP contribution in [-0.4, -0.2) is 11.0 Å². The summed E-state index contributed by atoms with van der Waals surface area (Å²) in [5.41, 5.74) is 3.09. The molecule has 0 saturated carbocycles. The number of carbonyl (C=O) groups excluding carboxylic acids is 1. The van der Waals surface area contributed by atoms with Gasteiger partial charge >= 0.3 is 0 Å². The van der Waals surface area contributed by atoms with Gasteiger partial charge in [0.2, 0.25) is 6.20 Å². The minimum Gasteiger partial charge on any atom is -0.320 e. The third kappa shape index (κ3) is 4.25. The minimum absolute atomic E-state index is 0. The van der Waals surface area contributed by atoms with Gasteiger partial charge in [-0.1, -0.05) is 40.6 Å². The zero-order valence-corrected chi connectivity index (χ0v) is 15.4. The van der Waals surface area contributed by atoms with Crippen LogP contribution < -0.4 is 10.00 Å². The molecule has 1 aromatic heterocycles. The standard InChI is InChI=1S/C18H17N3O.HI/c1-13-7-8-17(14(2)9-13)20-18(22)12-21-11-16-6-4-3-5-15(16)10-19-21;/h3-11H,12H2,1-2H3;1H/p+1. The molecule has 1 amide bonds. The van der Waals surface area contributed by atoms with Gasteiger partial charge in [-0.3, -0.25) is 4.79 Å². The maximum absolute atomic E-state index is 12.2. The van der Waals surface area contributed by atoms with Gasteiger partial charge in [-0.2, -0.15) is 0 Å². The molecule has 3 rings (SSSR count). The van der Waals surface area contributed by atoms with E-state index < -0.39 is 0 Å². The lowest BCUT2D eigenvalue weighted by molar-refractivity contribution is -0.740. The number of aryl methyl sites for hydroxylation is 2. The number of hydrogen-bond acceptors (Lipinski definition) is 2. The summed E-state index contributed by atoms with van der Waals surface area (Å²) >= 11 is 0. The predicted octanol–water partition coefficient (Wildman–Crippen LogP) is 3.40. The molecule has 0 spiro atoms. The molecule has 118 valence electrons. The average molecular weight is 420 g/mol. The molecule has 0 unspecified atom stereocenters. The highest BCUT2D eigenvalue weighted by molar-refractivity contribution is 14.0. The third-order valence-corrected chi connectivity index (χ3v) is 3.59. The smallest absolute Gasteiger partial charge is 0.292 e. The van der Waals surface area contributed by atoms with Crippen LogP contribution in [0.1, 0.15) is 11.1 Å². The van der Waals surface area contributed by atoms with Crippen molar-refractivity contribution >= 4 is 46.3 Å². The maximum Gasteiger partial charge on any atom is 0.292 e. The average Bonchev–Trinajstić information content (AvgIpc) is 2.50. The number of rotatable bonds is 3. The highest BCUT2D eigenvalue weighted by Gasteiger charge is 2.13. The van der Waals surface area contributed by atoms with Crippen molar-refractivity contribution in [2.75, 3.05) is 5.32 Å². The largest absolute Gasteiger partial charge is 0.320 e.